The minimum absolute atomic E-state index is 0.207. The lowest BCUT2D eigenvalue weighted by atomic mass is 9.98. The average Bonchev–Trinajstić information content (AvgIpc) is 2.45. The maximum atomic E-state index is 12.5. The van der Waals surface area contributed by atoms with Crippen LogP contribution in [0.25, 0.3) is 0 Å². The van der Waals surface area contributed by atoms with Gasteiger partial charge >= 0.3 is 0 Å². The number of rotatable bonds is 4. The van der Waals surface area contributed by atoms with Crippen LogP contribution in [-0.2, 0) is 4.79 Å². The lowest BCUT2D eigenvalue weighted by Gasteiger charge is -2.39. The van der Waals surface area contributed by atoms with Gasteiger partial charge in [0.15, 0.2) is 0 Å². The zero-order valence-corrected chi connectivity index (χ0v) is 13.8. The summed E-state index contributed by atoms with van der Waals surface area (Å²) in [6.45, 7) is 4.28. The van der Waals surface area contributed by atoms with Crippen LogP contribution in [0.5, 0.6) is 5.75 Å². The van der Waals surface area contributed by atoms with E-state index >= 15 is 0 Å². The number of methoxy groups -OCH3 is 1. The Bertz CT molecular complexity index is 497. The predicted molar refractivity (Wildman–Crippen MR) is 87.8 cm³/mol. The number of nitrogens with zero attached hydrogens (tertiary/aromatic N) is 1. The zero-order chi connectivity index (χ0) is 15.4. The SMILES string of the molecule is COc1cc(N)ccc1SCC(=O)N1C(C)CCCC1C. The van der Waals surface area contributed by atoms with Crippen molar-refractivity contribution in [1.82, 2.24) is 4.90 Å². The maximum absolute atomic E-state index is 12.5. The Morgan fingerprint density at radius 3 is 2.67 bits per heavy atom. The lowest BCUT2D eigenvalue weighted by Crippen LogP contribution is -2.48. The summed E-state index contributed by atoms with van der Waals surface area (Å²) in [7, 11) is 1.62. The van der Waals surface area contributed by atoms with Crippen molar-refractivity contribution in [2.24, 2.45) is 0 Å². The second-order valence-corrected chi connectivity index (χ2v) is 6.65. The van der Waals surface area contributed by atoms with Crippen LogP contribution in [0, 0.1) is 0 Å². The second-order valence-electron chi connectivity index (χ2n) is 5.63. The molecule has 116 valence electrons. The van der Waals surface area contributed by atoms with E-state index in [1.165, 1.54) is 18.2 Å². The highest BCUT2D eigenvalue weighted by Crippen LogP contribution is 2.32. The monoisotopic (exact) mass is 308 g/mol. The molecule has 0 spiro atoms. The van der Waals surface area contributed by atoms with Gasteiger partial charge in [0, 0.05) is 28.7 Å². The van der Waals surface area contributed by atoms with Gasteiger partial charge in [-0.15, -0.1) is 11.8 Å². The topological polar surface area (TPSA) is 55.6 Å². The van der Waals surface area contributed by atoms with E-state index in [0.717, 1.165) is 23.5 Å². The number of ether oxygens (including phenoxy) is 1. The van der Waals surface area contributed by atoms with Crippen molar-refractivity contribution in [2.75, 3.05) is 18.6 Å². The van der Waals surface area contributed by atoms with Crippen LogP contribution in [0.4, 0.5) is 5.69 Å². The summed E-state index contributed by atoms with van der Waals surface area (Å²) < 4.78 is 5.32. The summed E-state index contributed by atoms with van der Waals surface area (Å²) >= 11 is 1.51. The molecule has 1 aliphatic heterocycles. The molecule has 0 aromatic heterocycles. The maximum Gasteiger partial charge on any atom is 0.233 e. The number of amides is 1. The minimum atomic E-state index is 0.207. The molecule has 1 heterocycles. The van der Waals surface area contributed by atoms with Gasteiger partial charge < -0.3 is 15.4 Å². The first-order valence-electron chi connectivity index (χ1n) is 7.40. The Kier molecular flexibility index (Phi) is 5.39. The Hall–Kier alpha value is -1.36. The van der Waals surface area contributed by atoms with E-state index < -0.39 is 0 Å². The molecule has 1 aliphatic rings. The highest BCUT2D eigenvalue weighted by molar-refractivity contribution is 8.00. The van der Waals surface area contributed by atoms with E-state index in [1.807, 2.05) is 17.0 Å². The van der Waals surface area contributed by atoms with Gasteiger partial charge in [0.1, 0.15) is 5.75 Å². The number of thioether (sulfide) groups is 1. The second kappa shape index (κ2) is 7.07. The van der Waals surface area contributed by atoms with E-state index in [1.54, 1.807) is 13.2 Å². The minimum Gasteiger partial charge on any atom is -0.496 e. The van der Waals surface area contributed by atoms with Crippen LogP contribution in [0.1, 0.15) is 33.1 Å². The first-order chi connectivity index (χ1) is 10.0. The molecule has 1 aromatic carbocycles. The molecule has 4 nitrogen and oxygen atoms in total. The third kappa shape index (κ3) is 3.84. The number of benzene rings is 1. The predicted octanol–water partition coefficient (Wildman–Crippen LogP) is 3.16. The molecule has 5 heteroatoms. The van der Waals surface area contributed by atoms with Crippen molar-refractivity contribution in [2.45, 2.75) is 50.1 Å². The number of nitrogen functional groups attached to an aromatic ring is 1. The molecule has 0 aliphatic carbocycles. The molecule has 1 fully saturated rings. The van der Waals surface area contributed by atoms with Gasteiger partial charge in [-0.25, -0.2) is 0 Å². The van der Waals surface area contributed by atoms with E-state index in [-0.39, 0.29) is 5.91 Å². The molecule has 0 saturated carbocycles. The van der Waals surface area contributed by atoms with E-state index in [4.69, 9.17) is 10.5 Å². The first-order valence-corrected chi connectivity index (χ1v) is 8.39. The summed E-state index contributed by atoms with van der Waals surface area (Å²) in [5.74, 6) is 1.38. The molecule has 0 bridgehead atoms. The van der Waals surface area contributed by atoms with Crippen LogP contribution in [0.15, 0.2) is 23.1 Å². The largest absolute Gasteiger partial charge is 0.496 e. The Morgan fingerprint density at radius 2 is 2.05 bits per heavy atom. The van der Waals surface area contributed by atoms with Gasteiger partial charge in [0.05, 0.1) is 12.9 Å². The number of nitrogens with two attached hydrogens (primary N) is 1. The zero-order valence-electron chi connectivity index (χ0n) is 13.0. The third-order valence-corrected chi connectivity index (χ3v) is 5.06. The average molecular weight is 308 g/mol. The van der Waals surface area contributed by atoms with Crippen LogP contribution < -0.4 is 10.5 Å². The Morgan fingerprint density at radius 1 is 1.38 bits per heavy atom. The third-order valence-electron chi connectivity index (χ3n) is 4.02. The first kappa shape index (κ1) is 16.0. The highest BCUT2D eigenvalue weighted by Gasteiger charge is 2.28. The number of carbonyl (C=O) groups excluding carboxylic acids is 1. The summed E-state index contributed by atoms with van der Waals surface area (Å²) in [5, 5.41) is 0. The van der Waals surface area contributed by atoms with Crippen LogP contribution >= 0.6 is 11.8 Å². The molecule has 1 aromatic rings. The van der Waals surface area contributed by atoms with Crippen LogP contribution in [-0.4, -0.2) is 35.8 Å². The highest BCUT2D eigenvalue weighted by atomic mass is 32.2. The molecule has 1 saturated heterocycles. The van der Waals surface area contributed by atoms with Gasteiger partial charge in [0.25, 0.3) is 0 Å². The molecular formula is C16H24N2O2S. The molecule has 21 heavy (non-hydrogen) atoms. The number of anilines is 1. The summed E-state index contributed by atoms with van der Waals surface area (Å²) in [6.07, 6.45) is 3.42. The summed E-state index contributed by atoms with van der Waals surface area (Å²) in [6, 6.07) is 6.22. The smallest absolute Gasteiger partial charge is 0.233 e. The van der Waals surface area contributed by atoms with Crippen LogP contribution in [0.2, 0.25) is 0 Å². The molecule has 2 rings (SSSR count). The molecule has 0 radical (unpaired) electrons. The van der Waals surface area contributed by atoms with E-state index in [0.29, 0.717) is 23.5 Å². The van der Waals surface area contributed by atoms with E-state index in [2.05, 4.69) is 13.8 Å². The van der Waals surface area contributed by atoms with E-state index in [9.17, 15) is 4.79 Å². The molecule has 2 N–H and O–H groups in total. The standard InChI is InChI=1S/C16H24N2O2S/c1-11-5-4-6-12(2)18(11)16(19)10-21-15-8-7-13(17)9-14(15)20-3/h7-9,11-12H,4-6,10,17H2,1-3H3. The molecule has 1 amide bonds. The number of hydrogen-bond acceptors (Lipinski definition) is 4. The molecule has 2 unspecified atom stereocenters. The van der Waals surface area contributed by atoms with Crippen molar-refractivity contribution in [3.63, 3.8) is 0 Å². The van der Waals surface area contributed by atoms with Crippen LogP contribution in [0.3, 0.4) is 0 Å². The van der Waals surface area contributed by atoms with Crippen molar-refractivity contribution < 1.29 is 9.53 Å². The summed E-state index contributed by atoms with van der Waals surface area (Å²) in [4.78, 5) is 15.5. The summed E-state index contributed by atoms with van der Waals surface area (Å²) in [5.41, 5.74) is 6.42. The van der Waals surface area contributed by atoms with Gasteiger partial charge in [-0.3, -0.25) is 4.79 Å². The fourth-order valence-corrected chi connectivity index (χ4v) is 3.81. The number of hydrogen-bond donors (Lipinski definition) is 1. The van der Waals surface area contributed by atoms with Gasteiger partial charge in [-0.1, -0.05) is 0 Å². The van der Waals surface area contributed by atoms with Gasteiger partial charge in [0.2, 0.25) is 5.91 Å². The van der Waals surface area contributed by atoms with Gasteiger partial charge in [-0.05, 0) is 45.2 Å². The molecular weight excluding hydrogens is 284 g/mol. The van der Waals surface area contributed by atoms with Crippen molar-refractivity contribution >= 4 is 23.4 Å². The Balaban J connectivity index is 2.00. The number of likely N-dealkylation sites (tertiary alicyclic amines) is 1. The Labute approximate surface area is 131 Å². The molecule has 2 atom stereocenters. The fraction of sp³-hybridized carbons (Fsp3) is 0.562. The number of piperidine rings is 1. The van der Waals surface area contributed by atoms with Crippen molar-refractivity contribution in [1.29, 1.82) is 0 Å². The quantitative estimate of drug-likeness (QED) is 0.686. The fourth-order valence-electron chi connectivity index (χ4n) is 2.93. The van der Waals surface area contributed by atoms with Crippen molar-refractivity contribution in [3.05, 3.63) is 18.2 Å². The lowest BCUT2D eigenvalue weighted by molar-refractivity contribution is -0.134. The normalized spacial score (nSPS) is 22.1. The number of carbonyl (C=O) groups is 1. The van der Waals surface area contributed by atoms with Gasteiger partial charge in [-0.2, -0.15) is 0 Å². The van der Waals surface area contributed by atoms with Crippen molar-refractivity contribution in [3.8, 4) is 5.75 Å².